The smallest absolute Gasteiger partial charge is 0.326 e. The van der Waals surface area contributed by atoms with Crippen LogP contribution in [0.4, 0.5) is 4.79 Å². The van der Waals surface area contributed by atoms with Crippen LogP contribution in [0, 0.1) is 11.8 Å². The van der Waals surface area contributed by atoms with Crippen molar-refractivity contribution >= 4 is 12.0 Å². The van der Waals surface area contributed by atoms with Gasteiger partial charge in [0.2, 0.25) is 0 Å². The quantitative estimate of drug-likeness (QED) is 0.847. The number of nitrogens with zero attached hydrogens (tertiary/aromatic N) is 2. The molecule has 2 aliphatic heterocycles. The Morgan fingerprint density at radius 3 is 2.55 bits per heavy atom. The van der Waals surface area contributed by atoms with Crippen molar-refractivity contribution in [2.24, 2.45) is 11.8 Å². The van der Waals surface area contributed by atoms with Gasteiger partial charge in [0, 0.05) is 33.4 Å². The highest BCUT2D eigenvalue weighted by Crippen LogP contribution is 2.25. The van der Waals surface area contributed by atoms with Crippen LogP contribution in [-0.4, -0.2) is 66.3 Å². The molecular formula is C14H24N2O4. The zero-order valence-electron chi connectivity index (χ0n) is 12.2. The fourth-order valence-corrected chi connectivity index (χ4v) is 3.15. The predicted octanol–water partition coefficient (Wildman–Crippen LogP) is 1.26. The number of carbonyl (C=O) groups is 2. The third-order valence-corrected chi connectivity index (χ3v) is 4.40. The number of aliphatic carboxylic acids is 1. The highest BCUT2D eigenvalue weighted by atomic mass is 16.5. The molecule has 0 aromatic heterocycles. The Morgan fingerprint density at radius 2 is 1.95 bits per heavy atom. The molecule has 2 fully saturated rings. The van der Waals surface area contributed by atoms with E-state index in [1.807, 2.05) is 6.92 Å². The summed E-state index contributed by atoms with van der Waals surface area (Å²) < 4.78 is 5.31. The third-order valence-electron chi connectivity index (χ3n) is 4.40. The summed E-state index contributed by atoms with van der Waals surface area (Å²) in [6, 6.07) is -0.840. The van der Waals surface area contributed by atoms with Gasteiger partial charge in [-0.05, 0) is 31.1 Å². The van der Waals surface area contributed by atoms with Crippen LogP contribution in [0.25, 0.3) is 0 Å². The van der Waals surface area contributed by atoms with Crippen molar-refractivity contribution in [3.63, 3.8) is 0 Å². The second-order valence-electron chi connectivity index (χ2n) is 5.96. The number of likely N-dealkylation sites (tertiary alicyclic amines) is 1. The standard InChI is InChI=1S/C14H24N2O4/c1-10-3-6-16(12(10)13(17)18)14(19)15(2)9-11-4-7-20-8-5-11/h10-12H,3-9H2,1-2H3,(H,17,18). The third kappa shape index (κ3) is 3.23. The lowest BCUT2D eigenvalue weighted by atomic mass is 10.00. The van der Waals surface area contributed by atoms with Gasteiger partial charge in [0.15, 0.2) is 0 Å². The molecule has 2 heterocycles. The summed E-state index contributed by atoms with van der Waals surface area (Å²) in [5.41, 5.74) is 0. The number of hydrogen-bond donors (Lipinski definition) is 1. The number of carboxylic acid groups (broad SMARTS) is 1. The lowest BCUT2D eigenvalue weighted by Crippen LogP contribution is -2.49. The van der Waals surface area contributed by atoms with Gasteiger partial charge >= 0.3 is 12.0 Å². The summed E-state index contributed by atoms with van der Waals surface area (Å²) in [7, 11) is 1.76. The molecule has 0 radical (unpaired) electrons. The number of rotatable bonds is 3. The molecule has 0 aromatic carbocycles. The van der Waals surface area contributed by atoms with Crippen molar-refractivity contribution in [1.82, 2.24) is 9.80 Å². The Balaban J connectivity index is 1.93. The average molecular weight is 284 g/mol. The second kappa shape index (κ2) is 6.43. The highest BCUT2D eigenvalue weighted by molar-refractivity contribution is 5.83. The molecule has 2 unspecified atom stereocenters. The Hall–Kier alpha value is -1.30. The first-order chi connectivity index (χ1) is 9.50. The van der Waals surface area contributed by atoms with Crippen molar-refractivity contribution < 1.29 is 19.4 Å². The van der Waals surface area contributed by atoms with Crippen LogP contribution in [-0.2, 0) is 9.53 Å². The van der Waals surface area contributed by atoms with E-state index in [1.54, 1.807) is 11.9 Å². The Morgan fingerprint density at radius 1 is 1.30 bits per heavy atom. The molecule has 6 heteroatoms. The van der Waals surface area contributed by atoms with Gasteiger partial charge in [-0.1, -0.05) is 6.92 Å². The van der Waals surface area contributed by atoms with E-state index < -0.39 is 12.0 Å². The largest absolute Gasteiger partial charge is 0.480 e. The fraction of sp³-hybridized carbons (Fsp3) is 0.857. The van der Waals surface area contributed by atoms with Crippen molar-refractivity contribution in [2.75, 3.05) is 33.4 Å². The first kappa shape index (κ1) is 15.1. The summed E-state index contributed by atoms with van der Waals surface area (Å²) >= 11 is 0. The van der Waals surface area contributed by atoms with E-state index in [0.29, 0.717) is 19.0 Å². The summed E-state index contributed by atoms with van der Waals surface area (Å²) in [6.45, 7) is 4.62. The van der Waals surface area contributed by atoms with Crippen molar-refractivity contribution in [3.05, 3.63) is 0 Å². The molecule has 2 atom stereocenters. The molecule has 6 nitrogen and oxygen atoms in total. The van der Waals surface area contributed by atoms with E-state index in [2.05, 4.69) is 0 Å². The minimum atomic E-state index is -0.900. The molecular weight excluding hydrogens is 260 g/mol. The second-order valence-corrected chi connectivity index (χ2v) is 5.96. The minimum absolute atomic E-state index is 0.0212. The van der Waals surface area contributed by atoms with Crippen LogP contribution < -0.4 is 0 Å². The molecule has 2 rings (SSSR count). The molecule has 2 saturated heterocycles. The molecule has 114 valence electrons. The zero-order chi connectivity index (χ0) is 14.7. The van der Waals surface area contributed by atoms with Crippen molar-refractivity contribution in [3.8, 4) is 0 Å². The van der Waals surface area contributed by atoms with Crippen LogP contribution in [0.5, 0.6) is 0 Å². The fourth-order valence-electron chi connectivity index (χ4n) is 3.15. The van der Waals surface area contributed by atoms with E-state index in [1.165, 1.54) is 4.90 Å². The highest BCUT2D eigenvalue weighted by Gasteiger charge is 2.40. The van der Waals surface area contributed by atoms with Gasteiger partial charge in [-0.2, -0.15) is 0 Å². The van der Waals surface area contributed by atoms with Crippen LogP contribution >= 0.6 is 0 Å². The van der Waals surface area contributed by atoms with Crippen LogP contribution in [0.15, 0.2) is 0 Å². The number of ether oxygens (including phenoxy) is 1. The molecule has 0 bridgehead atoms. The number of carbonyl (C=O) groups excluding carboxylic acids is 1. The maximum Gasteiger partial charge on any atom is 0.326 e. The van der Waals surface area contributed by atoms with Gasteiger partial charge in [-0.15, -0.1) is 0 Å². The maximum absolute atomic E-state index is 12.4. The normalized spacial score (nSPS) is 27.6. The number of amides is 2. The lowest BCUT2D eigenvalue weighted by molar-refractivity contribution is -0.142. The molecule has 1 N–H and O–H groups in total. The Bertz CT molecular complexity index is 368. The first-order valence-corrected chi connectivity index (χ1v) is 7.33. The Labute approximate surface area is 119 Å². The number of carboxylic acids is 1. The molecule has 0 aliphatic carbocycles. The van der Waals surface area contributed by atoms with Crippen molar-refractivity contribution in [2.45, 2.75) is 32.2 Å². The summed E-state index contributed by atoms with van der Waals surface area (Å²) in [5, 5.41) is 9.28. The molecule has 2 amide bonds. The molecule has 0 saturated carbocycles. The SMILES string of the molecule is CC1CCN(C(=O)N(C)CC2CCOCC2)C1C(=O)O. The van der Waals surface area contributed by atoms with E-state index in [0.717, 1.165) is 32.5 Å². The van der Waals surface area contributed by atoms with E-state index in [4.69, 9.17) is 4.74 Å². The van der Waals surface area contributed by atoms with Crippen LogP contribution in [0.2, 0.25) is 0 Å². The number of urea groups is 1. The average Bonchev–Trinajstić information content (AvgIpc) is 2.81. The topological polar surface area (TPSA) is 70.1 Å². The van der Waals surface area contributed by atoms with E-state index in [9.17, 15) is 14.7 Å². The summed E-state index contributed by atoms with van der Waals surface area (Å²) in [6.07, 6.45) is 2.70. The molecule has 0 spiro atoms. The van der Waals surface area contributed by atoms with Gasteiger partial charge in [0.05, 0.1) is 0 Å². The maximum atomic E-state index is 12.4. The van der Waals surface area contributed by atoms with Gasteiger partial charge in [0.25, 0.3) is 0 Å². The predicted molar refractivity (Wildman–Crippen MR) is 73.5 cm³/mol. The Kier molecular flexibility index (Phi) is 4.86. The molecule has 0 aromatic rings. The number of hydrogen-bond acceptors (Lipinski definition) is 3. The van der Waals surface area contributed by atoms with Gasteiger partial charge in [-0.3, -0.25) is 0 Å². The zero-order valence-corrected chi connectivity index (χ0v) is 12.2. The van der Waals surface area contributed by atoms with E-state index >= 15 is 0 Å². The van der Waals surface area contributed by atoms with Gasteiger partial charge in [0.1, 0.15) is 6.04 Å². The minimum Gasteiger partial charge on any atom is -0.480 e. The lowest BCUT2D eigenvalue weighted by Gasteiger charge is -2.32. The van der Waals surface area contributed by atoms with E-state index in [-0.39, 0.29) is 11.9 Å². The summed E-state index contributed by atoms with van der Waals surface area (Å²) in [5.74, 6) is -0.420. The first-order valence-electron chi connectivity index (χ1n) is 7.33. The van der Waals surface area contributed by atoms with Crippen LogP contribution in [0.1, 0.15) is 26.2 Å². The van der Waals surface area contributed by atoms with Gasteiger partial charge < -0.3 is 19.6 Å². The van der Waals surface area contributed by atoms with Gasteiger partial charge in [-0.25, -0.2) is 9.59 Å². The monoisotopic (exact) mass is 284 g/mol. The molecule has 20 heavy (non-hydrogen) atoms. The van der Waals surface area contributed by atoms with Crippen molar-refractivity contribution in [1.29, 1.82) is 0 Å². The summed E-state index contributed by atoms with van der Waals surface area (Å²) in [4.78, 5) is 26.9. The molecule has 2 aliphatic rings. The van der Waals surface area contributed by atoms with Crippen LogP contribution in [0.3, 0.4) is 0 Å².